The van der Waals surface area contributed by atoms with Gasteiger partial charge in [0.25, 0.3) is 0 Å². The first-order valence-corrected chi connectivity index (χ1v) is 3.17. The largest absolute Gasteiger partial charge is 0.480 e. The molecule has 0 aliphatic carbocycles. The van der Waals surface area contributed by atoms with Gasteiger partial charge in [0.05, 0.1) is 6.10 Å². The van der Waals surface area contributed by atoms with Crippen LogP contribution in [0.2, 0.25) is 0 Å². The molecule has 0 aromatic carbocycles. The Morgan fingerprint density at radius 3 is 2.64 bits per heavy atom. The van der Waals surface area contributed by atoms with Crippen molar-refractivity contribution in [1.29, 1.82) is 0 Å². The van der Waals surface area contributed by atoms with Crippen molar-refractivity contribution in [2.24, 2.45) is 5.73 Å². The van der Waals surface area contributed by atoms with Crippen LogP contribution in [0.25, 0.3) is 0 Å². The summed E-state index contributed by atoms with van der Waals surface area (Å²) in [5.74, 6) is 1.09. The van der Waals surface area contributed by atoms with E-state index in [1.807, 2.05) is 0 Å². The number of aliphatic hydroxyl groups is 1. The van der Waals surface area contributed by atoms with Crippen LogP contribution in [0.1, 0.15) is 12.8 Å². The Morgan fingerprint density at radius 2 is 2.27 bits per heavy atom. The summed E-state index contributed by atoms with van der Waals surface area (Å²) in [6, 6.07) is -1.03. The number of aliphatic carboxylic acids is 1. The quantitative estimate of drug-likeness (QED) is 0.465. The zero-order valence-electron chi connectivity index (χ0n) is 6.03. The van der Waals surface area contributed by atoms with Crippen molar-refractivity contribution in [1.82, 2.24) is 0 Å². The van der Waals surface area contributed by atoms with E-state index in [9.17, 15) is 4.79 Å². The van der Waals surface area contributed by atoms with E-state index in [0.717, 1.165) is 0 Å². The van der Waals surface area contributed by atoms with Gasteiger partial charge in [-0.3, -0.25) is 4.79 Å². The molecule has 4 heteroatoms. The van der Waals surface area contributed by atoms with Crippen LogP contribution in [-0.4, -0.2) is 28.3 Å². The predicted molar refractivity (Wildman–Crippen MR) is 39.7 cm³/mol. The molecule has 0 fully saturated rings. The predicted octanol–water partition coefficient (Wildman–Crippen LogP) is -0.827. The molecular formula is C7H11NO3. The minimum Gasteiger partial charge on any atom is -0.480 e. The molecule has 4 N–H and O–H groups in total. The zero-order chi connectivity index (χ0) is 8.85. The molecule has 4 nitrogen and oxygen atoms in total. The minimum absolute atomic E-state index is 0.000463. The summed E-state index contributed by atoms with van der Waals surface area (Å²) in [7, 11) is 0. The van der Waals surface area contributed by atoms with E-state index >= 15 is 0 Å². The fourth-order valence-electron chi connectivity index (χ4n) is 0.613. The van der Waals surface area contributed by atoms with Crippen LogP contribution in [-0.2, 0) is 4.79 Å². The molecule has 0 aliphatic heterocycles. The second-order valence-corrected chi connectivity index (χ2v) is 2.24. The highest BCUT2D eigenvalue weighted by Gasteiger charge is 2.15. The lowest BCUT2D eigenvalue weighted by molar-refractivity contribution is -0.139. The summed E-state index contributed by atoms with van der Waals surface area (Å²) in [4.78, 5) is 10.2. The number of hydrogen-bond donors (Lipinski definition) is 3. The zero-order valence-corrected chi connectivity index (χ0v) is 6.03. The highest BCUT2D eigenvalue weighted by Crippen LogP contribution is 1.99. The molecule has 0 radical (unpaired) electrons. The molecule has 0 aromatic rings. The van der Waals surface area contributed by atoms with E-state index in [0.29, 0.717) is 0 Å². The summed E-state index contributed by atoms with van der Waals surface area (Å²) in [5, 5.41) is 17.3. The van der Waals surface area contributed by atoms with E-state index in [1.165, 1.54) is 0 Å². The maximum atomic E-state index is 10.2. The number of aliphatic hydroxyl groups excluding tert-OH is 1. The summed E-state index contributed by atoms with van der Waals surface area (Å²) in [6.07, 6.45) is 4.21. The molecule has 0 heterocycles. The number of carboxylic acid groups (broad SMARTS) is 1. The standard InChI is InChI=1S/C7H11NO3/c1-2-3-5(9)4-6(8)7(10)11/h1,5-6,9H,3-4,8H2,(H,10,11)/t5-,6-/m0/s1. The SMILES string of the molecule is C#CC[C@H](O)C[C@H](N)C(=O)O. The summed E-state index contributed by atoms with van der Waals surface area (Å²) in [5.41, 5.74) is 5.12. The van der Waals surface area contributed by atoms with Crippen molar-refractivity contribution in [3.63, 3.8) is 0 Å². The fraction of sp³-hybridized carbons (Fsp3) is 0.571. The molecular weight excluding hydrogens is 146 g/mol. The lowest BCUT2D eigenvalue weighted by atomic mass is 10.1. The Kier molecular flexibility index (Phi) is 4.27. The molecule has 0 amide bonds. The summed E-state index contributed by atoms with van der Waals surface area (Å²) in [6.45, 7) is 0. The molecule has 0 saturated carbocycles. The molecule has 0 saturated heterocycles. The van der Waals surface area contributed by atoms with E-state index < -0.39 is 18.1 Å². The number of hydrogen-bond acceptors (Lipinski definition) is 3. The monoisotopic (exact) mass is 157 g/mol. The van der Waals surface area contributed by atoms with Gasteiger partial charge in [-0.15, -0.1) is 12.3 Å². The van der Waals surface area contributed by atoms with Gasteiger partial charge in [-0.25, -0.2) is 0 Å². The number of nitrogens with two attached hydrogens (primary N) is 1. The average Bonchev–Trinajstić information content (AvgIpc) is 1.87. The van der Waals surface area contributed by atoms with Gasteiger partial charge in [0.1, 0.15) is 6.04 Å². The first-order valence-electron chi connectivity index (χ1n) is 3.17. The van der Waals surface area contributed by atoms with Gasteiger partial charge in [0.2, 0.25) is 0 Å². The first kappa shape index (κ1) is 9.95. The highest BCUT2D eigenvalue weighted by atomic mass is 16.4. The number of carboxylic acids is 1. The third kappa shape index (κ3) is 4.37. The van der Waals surface area contributed by atoms with E-state index in [4.69, 9.17) is 22.4 Å². The van der Waals surface area contributed by atoms with Crippen molar-refractivity contribution in [3.8, 4) is 12.3 Å². The summed E-state index contributed by atoms with van der Waals surface area (Å²) >= 11 is 0. The van der Waals surface area contributed by atoms with Gasteiger partial charge in [-0.1, -0.05) is 0 Å². The maximum Gasteiger partial charge on any atom is 0.320 e. The Bertz CT molecular complexity index is 173. The summed E-state index contributed by atoms with van der Waals surface area (Å²) < 4.78 is 0. The van der Waals surface area contributed by atoms with Crippen molar-refractivity contribution in [2.45, 2.75) is 25.0 Å². The number of carbonyl (C=O) groups is 1. The number of terminal acetylenes is 1. The lowest BCUT2D eigenvalue weighted by Crippen LogP contribution is -2.33. The maximum absolute atomic E-state index is 10.2. The topological polar surface area (TPSA) is 83.5 Å². The van der Waals surface area contributed by atoms with Crippen LogP contribution in [0.15, 0.2) is 0 Å². The second kappa shape index (κ2) is 4.72. The van der Waals surface area contributed by atoms with Crippen LogP contribution in [0, 0.1) is 12.3 Å². The van der Waals surface area contributed by atoms with Gasteiger partial charge < -0.3 is 15.9 Å². The molecule has 11 heavy (non-hydrogen) atoms. The number of rotatable bonds is 4. The van der Waals surface area contributed by atoms with Gasteiger partial charge in [-0.05, 0) is 0 Å². The molecule has 0 rings (SSSR count). The Hall–Kier alpha value is -1.05. The van der Waals surface area contributed by atoms with Crippen LogP contribution >= 0.6 is 0 Å². The molecule has 0 bridgehead atoms. The third-order valence-corrected chi connectivity index (χ3v) is 1.20. The van der Waals surface area contributed by atoms with Crippen LogP contribution in [0.5, 0.6) is 0 Å². The van der Waals surface area contributed by atoms with Gasteiger partial charge in [0.15, 0.2) is 0 Å². The minimum atomic E-state index is -1.12. The molecule has 0 unspecified atom stereocenters. The van der Waals surface area contributed by atoms with Crippen LogP contribution < -0.4 is 5.73 Å². The molecule has 2 atom stereocenters. The van der Waals surface area contributed by atoms with E-state index in [-0.39, 0.29) is 12.8 Å². The fourth-order valence-corrected chi connectivity index (χ4v) is 0.613. The third-order valence-electron chi connectivity index (χ3n) is 1.20. The van der Waals surface area contributed by atoms with Crippen molar-refractivity contribution in [3.05, 3.63) is 0 Å². The molecule has 0 aromatic heterocycles. The second-order valence-electron chi connectivity index (χ2n) is 2.24. The van der Waals surface area contributed by atoms with Crippen molar-refractivity contribution >= 4 is 5.97 Å². The highest BCUT2D eigenvalue weighted by molar-refractivity contribution is 5.73. The molecule has 0 aliphatic rings. The Balaban J connectivity index is 3.67. The van der Waals surface area contributed by atoms with Gasteiger partial charge in [0, 0.05) is 12.8 Å². The van der Waals surface area contributed by atoms with Crippen molar-refractivity contribution < 1.29 is 15.0 Å². The van der Waals surface area contributed by atoms with E-state index in [1.54, 1.807) is 0 Å². The van der Waals surface area contributed by atoms with Gasteiger partial charge in [-0.2, -0.15) is 0 Å². The smallest absolute Gasteiger partial charge is 0.320 e. The first-order chi connectivity index (χ1) is 5.07. The normalized spacial score (nSPS) is 15.0. The van der Waals surface area contributed by atoms with E-state index in [2.05, 4.69) is 5.92 Å². The van der Waals surface area contributed by atoms with Crippen molar-refractivity contribution in [2.75, 3.05) is 0 Å². The lowest BCUT2D eigenvalue weighted by Gasteiger charge is -2.09. The Morgan fingerprint density at radius 1 is 1.73 bits per heavy atom. The Labute approximate surface area is 65.0 Å². The average molecular weight is 157 g/mol. The van der Waals surface area contributed by atoms with Crippen LogP contribution in [0.3, 0.4) is 0 Å². The molecule has 62 valence electrons. The molecule has 0 spiro atoms. The van der Waals surface area contributed by atoms with Crippen LogP contribution in [0.4, 0.5) is 0 Å². The van der Waals surface area contributed by atoms with Gasteiger partial charge >= 0.3 is 5.97 Å².